The molecule has 0 saturated heterocycles. The fraction of sp³-hybridized carbons (Fsp3) is 0.500. The van der Waals surface area contributed by atoms with Crippen LogP contribution in [0, 0.1) is 6.92 Å². The maximum atomic E-state index is 10.4. The standard InChI is InChI=1S/C10H13N3O2/c1-6-7-3-2-4-8(7)13-10(12-6)11-5-9(14)15/h2-5H2,1H3,(H,14,15)(H,11,12,13). The van der Waals surface area contributed by atoms with Gasteiger partial charge in [-0.2, -0.15) is 0 Å². The first kappa shape index (κ1) is 9.89. The number of rotatable bonds is 3. The lowest BCUT2D eigenvalue weighted by atomic mass is 10.2. The second-order valence-corrected chi connectivity index (χ2v) is 3.66. The van der Waals surface area contributed by atoms with Crippen LogP contribution < -0.4 is 5.32 Å². The molecule has 0 spiro atoms. The molecule has 0 atom stereocenters. The van der Waals surface area contributed by atoms with E-state index >= 15 is 0 Å². The number of nitrogens with one attached hydrogen (secondary N) is 1. The number of anilines is 1. The Kier molecular flexibility index (Phi) is 2.53. The molecule has 5 heteroatoms. The summed E-state index contributed by atoms with van der Waals surface area (Å²) in [5.41, 5.74) is 3.26. The summed E-state index contributed by atoms with van der Waals surface area (Å²) in [6.45, 7) is 1.80. The first-order valence-corrected chi connectivity index (χ1v) is 4.99. The van der Waals surface area contributed by atoms with Gasteiger partial charge in [-0.15, -0.1) is 0 Å². The molecule has 0 aromatic carbocycles. The lowest BCUT2D eigenvalue weighted by molar-refractivity contribution is -0.134. The molecule has 0 radical (unpaired) electrons. The van der Waals surface area contributed by atoms with Crippen molar-refractivity contribution in [3.63, 3.8) is 0 Å². The van der Waals surface area contributed by atoms with E-state index in [0.29, 0.717) is 5.95 Å². The molecular weight excluding hydrogens is 194 g/mol. The molecule has 1 heterocycles. The molecule has 0 saturated carbocycles. The highest BCUT2D eigenvalue weighted by molar-refractivity contribution is 5.71. The van der Waals surface area contributed by atoms with Crippen molar-refractivity contribution in [2.24, 2.45) is 0 Å². The Morgan fingerprint density at radius 2 is 2.27 bits per heavy atom. The molecule has 2 rings (SSSR count). The lowest BCUT2D eigenvalue weighted by Gasteiger charge is -2.06. The average molecular weight is 207 g/mol. The largest absolute Gasteiger partial charge is 0.480 e. The number of fused-ring (bicyclic) bond motifs is 1. The minimum Gasteiger partial charge on any atom is -0.480 e. The Bertz CT molecular complexity index is 404. The number of hydrogen-bond donors (Lipinski definition) is 2. The Labute approximate surface area is 87.6 Å². The van der Waals surface area contributed by atoms with E-state index in [-0.39, 0.29) is 6.54 Å². The van der Waals surface area contributed by atoms with Crippen LogP contribution in [0.4, 0.5) is 5.95 Å². The minimum absolute atomic E-state index is 0.141. The summed E-state index contributed by atoms with van der Waals surface area (Å²) in [6.07, 6.45) is 3.13. The molecule has 1 aromatic heterocycles. The van der Waals surface area contributed by atoms with Crippen molar-refractivity contribution in [3.05, 3.63) is 17.0 Å². The third-order valence-corrected chi connectivity index (χ3v) is 2.54. The summed E-state index contributed by atoms with van der Waals surface area (Å²) in [6, 6.07) is 0. The van der Waals surface area contributed by atoms with Crippen LogP contribution in [0.1, 0.15) is 23.4 Å². The average Bonchev–Trinajstić information content (AvgIpc) is 2.63. The molecule has 1 aromatic rings. The molecule has 2 N–H and O–H groups in total. The second-order valence-electron chi connectivity index (χ2n) is 3.66. The van der Waals surface area contributed by atoms with Crippen molar-refractivity contribution in [3.8, 4) is 0 Å². The van der Waals surface area contributed by atoms with E-state index in [2.05, 4.69) is 15.3 Å². The van der Waals surface area contributed by atoms with Gasteiger partial charge in [-0.3, -0.25) is 4.79 Å². The number of carbonyl (C=O) groups is 1. The zero-order valence-electron chi connectivity index (χ0n) is 8.58. The molecular formula is C10H13N3O2. The number of aromatic nitrogens is 2. The summed E-state index contributed by atoms with van der Waals surface area (Å²) in [7, 11) is 0. The van der Waals surface area contributed by atoms with Gasteiger partial charge in [0.15, 0.2) is 0 Å². The van der Waals surface area contributed by atoms with Crippen molar-refractivity contribution in [2.75, 3.05) is 11.9 Å². The van der Waals surface area contributed by atoms with Gasteiger partial charge in [-0.1, -0.05) is 0 Å². The molecule has 5 nitrogen and oxygen atoms in total. The van der Waals surface area contributed by atoms with E-state index in [9.17, 15) is 4.79 Å². The van der Waals surface area contributed by atoms with Gasteiger partial charge in [0.1, 0.15) is 6.54 Å². The van der Waals surface area contributed by atoms with Crippen molar-refractivity contribution >= 4 is 11.9 Å². The normalized spacial score (nSPS) is 13.7. The first-order valence-electron chi connectivity index (χ1n) is 4.99. The monoisotopic (exact) mass is 207 g/mol. The number of carboxylic acid groups (broad SMARTS) is 1. The summed E-state index contributed by atoms with van der Waals surface area (Å²) >= 11 is 0. The SMILES string of the molecule is Cc1nc(NCC(=O)O)nc2c1CCC2. The van der Waals surface area contributed by atoms with E-state index in [1.165, 1.54) is 5.56 Å². The number of nitrogens with zero attached hydrogens (tertiary/aromatic N) is 2. The highest BCUT2D eigenvalue weighted by Crippen LogP contribution is 2.23. The third kappa shape index (κ3) is 2.06. The smallest absolute Gasteiger partial charge is 0.322 e. The van der Waals surface area contributed by atoms with Gasteiger partial charge in [0.25, 0.3) is 0 Å². The summed E-state index contributed by atoms with van der Waals surface area (Å²) < 4.78 is 0. The van der Waals surface area contributed by atoms with Crippen LogP contribution in [0.5, 0.6) is 0 Å². The fourth-order valence-electron chi connectivity index (χ4n) is 1.85. The van der Waals surface area contributed by atoms with Crippen molar-refractivity contribution < 1.29 is 9.90 Å². The van der Waals surface area contributed by atoms with Crippen LogP contribution in [0.15, 0.2) is 0 Å². The quantitative estimate of drug-likeness (QED) is 0.765. The molecule has 1 aliphatic rings. The molecule has 0 unspecified atom stereocenters. The predicted octanol–water partition coefficient (Wildman–Crippen LogP) is 0.770. The van der Waals surface area contributed by atoms with Crippen molar-refractivity contribution in [1.82, 2.24) is 9.97 Å². The Hall–Kier alpha value is -1.65. The van der Waals surface area contributed by atoms with Gasteiger partial charge in [-0.05, 0) is 31.7 Å². The van der Waals surface area contributed by atoms with Gasteiger partial charge in [0.05, 0.1) is 0 Å². The minimum atomic E-state index is -0.906. The summed E-state index contributed by atoms with van der Waals surface area (Å²) in [5, 5.41) is 11.2. The van der Waals surface area contributed by atoms with Crippen LogP contribution in [0.25, 0.3) is 0 Å². The van der Waals surface area contributed by atoms with Crippen LogP contribution in [0.3, 0.4) is 0 Å². The Morgan fingerprint density at radius 1 is 1.47 bits per heavy atom. The van der Waals surface area contributed by atoms with E-state index in [4.69, 9.17) is 5.11 Å². The zero-order valence-corrected chi connectivity index (χ0v) is 8.58. The number of hydrogen-bond acceptors (Lipinski definition) is 4. The predicted molar refractivity (Wildman–Crippen MR) is 54.9 cm³/mol. The van der Waals surface area contributed by atoms with Crippen LogP contribution in [-0.2, 0) is 17.6 Å². The molecule has 0 fully saturated rings. The zero-order chi connectivity index (χ0) is 10.8. The highest BCUT2D eigenvalue weighted by atomic mass is 16.4. The molecule has 0 aliphatic heterocycles. The first-order chi connectivity index (χ1) is 7.16. The molecule has 0 bridgehead atoms. The van der Waals surface area contributed by atoms with Crippen molar-refractivity contribution in [1.29, 1.82) is 0 Å². The van der Waals surface area contributed by atoms with Crippen molar-refractivity contribution in [2.45, 2.75) is 26.2 Å². The molecule has 15 heavy (non-hydrogen) atoms. The Morgan fingerprint density at radius 3 is 3.00 bits per heavy atom. The van der Waals surface area contributed by atoms with Crippen LogP contribution in [0.2, 0.25) is 0 Å². The number of carboxylic acids is 1. The van der Waals surface area contributed by atoms with Gasteiger partial charge in [-0.25, -0.2) is 9.97 Å². The topological polar surface area (TPSA) is 75.1 Å². The highest BCUT2D eigenvalue weighted by Gasteiger charge is 2.16. The molecule has 80 valence electrons. The van der Waals surface area contributed by atoms with Gasteiger partial charge in [0.2, 0.25) is 5.95 Å². The summed E-state index contributed by atoms with van der Waals surface area (Å²) in [5.74, 6) is -0.479. The number of aliphatic carboxylic acids is 1. The second kappa shape index (κ2) is 3.84. The van der Waals surface area contributed by atoms with Crippen LogP contribution >= 0.6 is 0 Å². The Balaban J connectivity index is 2.20. The van der Waals surface area contributed by atoms with Crippen LogP contribution in [-0.4, -0.2) is 27.6 Å². The maximum absolute atomic E-state index is 10.4. The van der Waals surface area contributed by atoms with Gasteiger partial charge in [0, 0.05) is 11.4 Å². The van der Waals surface area contributed by atoms with Gasteiger partial charge < -0.3 is 10.4 Å². The molecule has 0 amide bonds. The molecule has 1 aliphatic carbocycles. The lowest BCUT2D eigenvalue weighted by Crippen LogP contribution is -2.15. The van der Waals surface area contributed by atoms with E-state index in [1.807, 2.05) is 6.92 Å². The number of aryl methyl sites for hydroxylation is 2. The van der Waals surface area contributed by atoms with E-state index < -0.39 is 5.97 Å². The van der Waals surface area contributed by atoms with Gasteiger partial charge >= 0.3 is 5.97 Å². The maximum Gasteiger partial charge on any atom is 0.322 e. The summed E-state index contributed by atoms with van der Waals surface area (Å²) in [4.78, 5) is 18.9. The van der Waals surface area contributed by atoms with E-state index in [1.54, 1.807) is 0 Å². The fourth-order valence-corrected chi connectivity index (χ4v) is 1.85. The van der Waals surface area contributed by atoms with E-state index in [0.717, 1.165) is 30.7 Å². The third-order valence-electron chi connectivity index (χ3n) is 2.54.